The van der Waals surface area contributed by atoms with Gasteiger partial charge in [-0.05, 0) is 37.6 Å². The number of urea groups is 1. The fourth-order valence-electron chi connectivity index (χ4n) is 4.20. The summed E-state index contributed by atoms with van der Waals surface area (Å²) in [6.07, 6.45) is 0.821. The van der Waals surface area contributed by atoms with Crippen molar-refractivity contribution in [2.45, 2.75) is 36.0 Å². The van der Waals surface area contributed by atoms with Crippen LogP contribution in [0, 0.1) is 0 Å². The van der Waals surface area contributed by atoms with Crippen molar-refractivity contribution in [1.29, 1.82) is 0 Å². The van der Waals surface area contributed by atoms with E-state index in [1.165, 1.54) is 0 Å². The maximum Gasteiger partial charge on any atom is 0.325 e. The Hall–Kier alpha value is -3.26. The zero-order chi connectivity index (χ0) is 22.5. The highest BCUT2D eigenvalue weighted by atomic mass is 32.2. The number of hydrogen-bond donors (Lipinski definition) is 1. The van der Waals surface area contributed by atoms with Gasteiger partial charge in [0.2, 0.25) is 5.91 Å². The summed E-state index contributed by atoms with van der Waals surface area (Å²) in [5, 5.41) is 3.93. The molecule has 1 N–H and O–H groups in total. The number of anilines is 1. The SMILES string of the molecule is C[C@H]1CCN(C(=O)CN2C(=O)N[C@@](C)(c3cc4ccccc4o3)C2=O)c2ccccc2S1. The van der Waals surface area contributed by atoms with Crippen molar-refractivity contribution >= 4 is 46.3 Å². The number of thioether (sulfide) groups is 1. The highest BCUT2D eigenvalue weighted by Gasteiger charge is 2.52. The molecule has 1 fully saturated rings. The molecule has 2 aromatic carbocycles. The highest BCUT2D eigenvalue weighted by Crippen LogP contribution is 2.38. The second-order valence-electron chi connectivity index (χ2n) is 8.33. The first-order chi connectivity index (χ1) is 15.4. The van der Waals surface area contributed by atoms with Gasteiger partial charge in [-0.3, -0.25) is 14.5 Å². The highest BCUT2D eigenvalue weighted by molar-refractivity contribution is 8.00. The molecule has 5 rings (SSSR count). The Balaban J connectivity index is 1.41. The zero-order valence-corrected chi connectivity index (χ0v) is 18.6. The summed E-state index contributed by atoms with van der Waals surface area (Å²) in [7, 11) is 0. The molecule has 0 bridgehead atoms. The first-order valence-corrected chi connectivity index (χ1v) is 11.4. The van der Waals surface area contributed by atoms with Crippen LogP contribution in [-0.2, 0) is 15.1 Å². The average molecular weight is 450 g/mol. The fraction of sp³-hybridized carbons (Fsp3) is 0.292. The molecule has 2 aliphatic rings. The van der Waals surface area contributed by atoms with Crippen LogP contribution >= 0.6 is 11.8 Å². The van der Waals surface area contributed by atoms with E-state index in [0.717, 1.165) is 27.3 Å². The van der Waals surface area contributed by atoms with Gasteiger partial charge < -0.3 is 14.6 Å². The van der Waals surface area contributed by atoms with Crippen molar-refractivity contribution in [2.75, 3.05) is 18.0 Å². The Kier molecular flexibility index (Phi) is 4.97. The lowest BCUT2D eigenvalue weighted by Gasteiger charge is -2.25. The van der Waals surface area contributed by atoms with E-state index in [9.17, 15) is 14.4 Å². The van der Waals surface area contributed by atoms with Crippen LogP contribution in [0.25, 0.3) is 11.0 Å². The third kappa shape index (κ3) is 3.35. The quantitative estimate of drug-likeness (QED) is 0.609. The first-order valence-electron chi connectivity index (χ1n) is 10.6. The number of rotatable bonds is 3. The molecule has 7 nitrogen and oxygen atoms in total. The number of imide groups is 1. The van der Waals surface area contributed by atoms with Crippen molar-refractivity contribution < 1.29 is 18.8 Å². The lowest BCUT2D eigenvalue weighted by Crippen LogP contribution is -2.45. The maximum atomic E-state index is 13.3. The molecular weight excluding hydrogens is 426 g/mol. The number of para-hydroxylation sites is 2. The molecular formula is C24H23N3O4S. The average Bonchev–Trinajstić information content (AvgIpc) is 3.24. The van der Waals surface area contributed by atoms with Gasteiger partial charge in [0.15, 0.2) is 5.54 Å². The predicted molar refractivity (Wildman–Crippen MR) is 123 cm³/mol. The Morgan fingerprint density at radius 1 is 1.19 bits per heavy atom. The molecule has 3 heterocycles. The number of nitrogens with one attached hydrogen (secondary N) is 1. The molecule has 0 radical (unpaired) electrons. The third-order valence-electron chi connectivity index (χ3n) is 6.03. The van der Waals surface area contributed by atoms with E-state index in [4.69, 9.17) is 4.42 Å². The number of nitrogens with zero attached hydrogens (tertiary/aromatic N) is 2. The Morgan fingerprint density at radius 2 is 1.94 bits per heavy atom. The number of fused-ring (bicyclic) bond motifs is 2. The van der Waals surface area contributed by atoms with Crippen LogP contribution in [0.5, 0.6) is 0 Å². The summed E-state index contributed by atoms with van der Waals surface area (Å²) >= 11 is 1.73. The van der Waals surface area contributed by atoms with E-state index in [0.29, 0.717) is 23.1 Å². The van der Waals surface area contributed by atoms with Gasteiger partial charge in [-0.25, -0.2) is 4.79 Å². The van der Waals surface area contributed by atoms with Gasteiger partial charge in [-0.15, -0.1) is 11.8 Å². The van der Waals surface area contributed by atoms with E-state index < -0.39 is 17.5 Å². The van der Waals surface area contributed by atoms with Gasteiger partial charge >= 0.3 is 6.03 Å². The maximum absolute atomic E-state index is 13.3. The van der Waals surface area contributed by atoms with Crippen LogP contribution in [0.1, 0.15) is 26.0 Å². The minimum atomic E-state index is -1.36. The number of benzene rings is 2. The lowest BCUT2D eigenvalue weighted by molar-refractivity contribution is -0.134. The van der Waals surface area contributed by atoms with Gasteiger partial charge in [0.1, 0.15) is 17.9 Å². The summed E-state index contributed by atoms with van der Waals surface area (Å²) in [4.78, 5) is 43.0. The fourth-order valence-corrected chi connectivity index (χ4v) is 5.32. The molecule has 0 aliphatic carbocycles. The Morgan fingerprint density at radius 3 is 2.75 bits per heavy atom. The van der Waals surface area contributed by atoms with Crippen molar-refractivity contribution in [3.63, 3.8) is 0 Å². The van der Waals surface area contributed by atoms with Crippen LogP contribution in [0.2, 0.25) is 0 Å². The smallest absolute Gasteiger partial charge is 0.325 e. The van der Waals surface area contributed by atoms with E-state index in [1.54, 1.807) is 35.7 Å². The molecule has 0 spiro atoms. The molecule has 0 unspecified atom stereocenters. The minimum Gasteiger partial charge on any atom is -0.458 e. The van der Waals surface area contributed by atoms with E-state index in [1.807, 2.05) is 42.5 Å². The molecule has 164 valence electrons. The van der Waals surface area contributed by atoms with Crippen LogP contribution in [0.4, 0.5) is 10.5 Å². The monoisotopic (exact) mass is 449 g/mol. The van der Waals surface area contributed by atoms with Gasteiger partial charge in [-0.2, -0.15) is 0 Å². The Labute approximate surface area is 189 Å². The first kappa shape index (κ1) is 20.6. The van der Waals surface area contributed by atoms with Crippen molar-refractivity contribution in [3.05, 3.63) is 60.4 Å². The summed E-state index contributed by atoms with van der Waals surface area (Å²) in [6.45, 7) is 3.95. The number of carbonyl (C=O) groups is 3. The summed E-state index contributed by atoms with van der Waals surface area (Å²) in [5.41, 5.74) is 0.0873. The predicted octanol–water partition coefficient (Wildman–Crippen LogP) is 4.12. The largest absolute Gasteiger partial charge is 0.458 e. The number of furan rings is 1. The minimum absolute atomic E-state index is 0.287. The summed E-state index contributed by atoms with van der Waals surface area (Å²) < 4.78 is 5.86. The van der Waals surface area contributed by atoms with Gasteiger partial charge in [0.25, 0.3) is 5.91 Å². The number of hydrogen-bond acceptors (Lipinski definition) is 5. The van der Waals surface area contributed by atoms with Gasteiger partial charge in [-0.1, -0.05) is 37.3 Å². The van der Waals surface area contributed by atoms with Crippen molar-refractivity contribution in [3.8, 4) is 0 Å². The van der Waals surface area contributed by atoms with E-state index in [2.05, 4.69) is 12.2 Å². The van der Waals surface area contributed by atoms with Crippen molar-refractivity contribution in [1.82, 2.24) is 10.2 Å². The van der Waals surface area contributed by atoms with E-state index in [-0.39, 0.29) is 12.5 Å². The Bertz CT molecular complexity index is 1210. The number of carbonyl (C=O) groups excluding carboxylic acids is 3. The summed E-state index contributed by atoms with van der Waals surface area (Å²) in [6, 6.07) is 16.3. The van der Waals surface area contributed by atoms with Crippen molar-refractivity contribution in [2.24, 2.45) is 0 Å². The molecule has 2 atom stereocenters. The van der Waals surface area contributed by atoms with Gasteiger partial charge in [0.05, 0.1) is 5.69 Å². The molecule has 1 aromatic heterocycles. The van der Waals surface area contributed by atoms with Gasteiger partial charge in [0, 0.05) is 22.1 Å². The van der Waals surface area contributed by atoms with E-state index >= 15 is 0 Å². The normalized spacial score (nSPS) is 23.2. The molecule has 2 aliphatic heterocycles. The molecule has 3 aromatic rings. The molecule has 0 saturated carbocycles. The summed E-state index contributed by atoms with van der Waals surface area (Å²) in [5.74, 6) is -0.442. The van der Waals surface area contributed by atoms with Crippen LogP contribution in [0.15, 0.2) is 63.9 Å². The van der Waals surface area contributed by atoms with Crippen LogP contribution in [-0.4, -0.2) is 41.1 Å². The lowest BCUT2D eigenvalue weighted by atomic mass is 9.99. The second kappa shape index (κ2) is 7.70. The molecule has 1 saturated heterocycles. The van der Waals surface area contributed by atoms with Crippen LogP contribution < -0.4 is 10.2 Å². The molecule has 8 heteroatoms. The standard InChI is InChI=1S/C24H23N3O4S/c1-15-11-12-26(17-8-4-6-10-19(17)32-15)21(28)14-27-22(29)24(2,25-23(27)30)20-13-16-7-3-5-9-18(16)31-20/h3-10,13,15H,11-12,14H2,1-2H3,(H,25,30)/t15-,24-/m0/s1. The third-order valence-corrected chi connectivity index (χ3v) is 7.27. The number of amides is 4. The van der Waals surface area contributed by atoms with Crippen LogP contribution in [0.3, 0.4) is 0 Å². The molecule has 4 amide bonds. The molecule has 32 heavy (non-hydrogen) atoms. The zero-order valence-electron chi connectivity index (χ0n) is 17.8. The topological polar surface area (TPSA) is 82.9 Å². The second-order valence-corrected chi connectivity index (χ2v) is 9.81.